The van der Waals surface area contributed by atoms with Crippen molar-refractivity contribution in [1.29, 1.82) is 0 Å². The molecule has 0 fully saturated rings. The Morgan fingerprint density at radius 1 is 1.06 bits per heavy atom. The highest BCUT2D eigenvalue weighted by molar-refractivity contribution is 7.20. The number of nitrogens with zero attached hydrogens (tertiary/aromatic N) is 4. The summed E-state index contributed by atoms with van der Waals surface area (Å²) in [4.78, 5) is 26.1. The number of amides is 2. The molecule has 0 saturated heterocycles. The molecule has 2 N–H and O–H groups in total. The SMILES string of the molecule is Cc1cc(C)n(CC(=O)NNC(=O)c2cc3c(C)nn(Cc4ccccc4Cl)c3s2)n1. The number of hydrazine groups is 1. The van der Waals surface area contributed by atoms with E-state index in [2.05, 4.69) is 21.0 Å². The molecule has 0 bridgehead atoms. The minimum atomic E-state index is -0.383. The summed E-state index contributed by atoms with van der Waals surface area (Å²) in [5.74, 6) is -0.742. The number of nitrogens with one attached hydrogen (secondary N) is 2. The van der Waals surface area contributed by atoms with Crippen molar-refractivity contribution in [1.82, 2.24) is 30.4 Å². The third kappa shape index (κ3) is 4.47. The summed E-state index contributed by atoms with van der Waals surface area (Å²) in [6.07, 6.45) is 0. The number of aromatic nitrogens is 4. The molecule has 4 aromatic rings. The number of fused-ring (bicyclic) bond motifs is 1. The molecule has 0 spiro atoms. The van der Waals surface area contributed by atoms with Crippen molar-refractivity contribution in [3.8, 4) is 0 Å². The van der Waals surface area contributed by atoms with Gasteiger partial charge >= 0.3 is 0 Å². The highest BCUT2D eigenvalue weighted by Crippen LogP contribution is 2.29. The topological polar surface area (TPSA) is 93.8 Å². The molecule has 31 heavy (non-hydrogen) atoms. The van der Waals surface area contributed by atoms with Crippen molar-refractivity contribution in [2.75, 3.05) is 0 Å². The summed E-state index contributed by atoms with van der Waals surface area (Å²) >= 11 is 7.60. The van der Waals surface area contributed by atoms with Crippen LogP contribution in [0.25, 0.3) is 10.2 Å². The number of thiophene rings is 1. The zero-order valence-corrected chi connectivity index (χ0v) is 18.8. The van der Waals surface area contributed by atoms with Crippen molar-refractivity contribution in [2.24, 2.45) is 0 Å². The molecule has 2 amide bonds. The van der Waals surface area contributed by atoms with Crippen LogP contribution in [-0.2, 0) is 17.9 Å². The first kappa shape index (κ1) is 21.1. The Morgan fingerprint density at radius 2 is 1.84 bits per heavy atom. The molecule has 0 saturated carbocycles. The number of halogens is 1. The van der Waals surface area contributed by atoms with Gasteiger partial charge in [-0.3, -0.25) is 29.8 Å². The van der Waals surface area contributed by atoms with Crippen LogP contribution in [-0.4, -0.2) is 31.4 Å². The van der Waals surface area contributed by atoms with Gasteiger partial charge in [0.2, 0.25) is 0 Å². The molecular weight excluding hydrogens is 436 g/mol. The van der Waals surface area contributed by atoms with E-state index in [0.717, 1.165) is 32.9 Å². The average Bonchev–Trinajstić information content (AvgIpc) is 3.38. The van der Waals surface area contributed by atoms with Gasteiger partial charge in [-0.05, 0) is 44.5 Å². The number of carbonyl (C=O) groups excluding carboxylic acids is 2. The zero-order valence-electron chi connectivity index (χ0n) is 17.3. The van der Waals surface area contributed by atoms with Crippen LogP contribution in [0.15, 0.2) is 36.4 Å². The molecule has 8 nitrogen and oxygen atoms in total. The first-order chi connectivity index (χ1) is 14.8. The van der Waals surface area contributed by atoms with Crippen LogP contribution in [0.5, 0.6) is 0 Å². The monoisotopic (exact) mass is 456 g/mol. The minimum Gasteiger partial charge on any atom is -0.271 e. The fourth-order valence-electron chi connectivity index (χ4n) is 3.32. The molecule has 0 unspecified atom stereocenters. The molecule has 0 aliphatic heterocycles. The first-order valence-corrected chi connectivity index (χ1v) is 10.8. The second-order valence-corrected chi connectivity index (χ2v) is 8.69. The Morgan fingerprint density at radius 3 is 2.55 bits per heavy atom. The Bertz CT molecular complexity index is 1290. The lowest BCUT2D eigenvalue weighted by atomic mass is 10.2. The summed E-state index contributed by atoms with van der Waals surface area (Å²) < 4.78 is 3.43. The zero-order chi connectivity index (χ0) is 22.1. The molecule has 0 aliphatic rings. The van der Waals surface area contributed by atoms with Crippen LogP contribution in [0.1, 0.15) is 32.3 Å². The van der Waals surface area contributed by atoms with Gasteiger partial charge in [0.15, 0.2) is 0 Å². The molecule has 160 valence electrons. The highest BCUT2D eigenvalue weighted by Gasteiger charge is 2.18. The van der Waals surface area contributed by atoms with Crippen LogP contribution in [0.3, 0.4) is 0 Å². The Balaban J connectivity index is 1.45. The van der Waals surface area contributed by atoms with Gasteiger partial charge < -0.3 is 0 Å². The van der Waals surface area contributed by atoms with E-state index in [-0.39, 0.29) is 18.4 Å². The van der Waals surface area contributed by atoms with Crippen molar-refractivity contribution >= 4 is 45.0 Å². The molecule has 4 rings (SSSR count). The van der Waals surface area contributed by atoms with E-state index < -0.39 is 0 Å². The summed E-state index contributed by atoms with van der Waals surface area (Å²) in [6.45, 7) is 6.16. The molecule has 0 atom stereocenters. The molecule has 1 aromatic carbocycles. The molecule has 3 heterocycles. The number of hydrogen-bond donors (Lipinski definition) is 2. The predicted octanol–water partition coefficient (Wildman–Crippen LogP) is 3.38. The third-order valence-electron chi connectivity index (χ3n) is 4.82. The number of benzene rings is 1. The largest absolute Gasteiger partial charge is 0.279 e. The van der Waals surface area contributed by atoms with E-state index in [9.17, 15) is 9.59 Å². The average molecular weight is 457 g/mol. The van der Waals surface area contributed by atoms with Crippen molar-refractivity contribution in [2.45, 2.75) is 33.9 Å². The van der Waals surface area contributed by atoms with Crippen LogP contribution in [0, 0.1) is 20.8 Å². The second-order valence-electron chi connectivity index (χ2n) is 7.25. The summed E-state index contributed by atoms with van der Waals surface area (Å²) in [7, 11) is 0. The van der Waals surface area contributed by atoms with Gasteiger partial charge in [0.25, 0.3) is 11.8 Å². The van der Waals surface area contributed by atoms with Crippen LogP contribution >= 0.6 is 22.9 Å². The standard InChI is InChI=1S/C21H21ClN6O2S/c1-12-8-13(2)27(25-12)11-19(29)23-24-20(30)18-9-16-14(3)26-28(21(16)31-18)10-15-6-4-5-7-17(15)22/h4-9H,10-11H2,1-3H3,(H,23,29)(H,24,30). The van der Waals surface area contributed by atoms with Crippen molar-refractivity contribution in [3.63, 3.8) is 0 Å². The molecule has 0 aliphatic carbocycles. The summed E-state index contributed by atoms with van der Waals surface area (Å²) in [5, 5.41) is 10.4. The van der Waals surface area contributed by atoms with Gasteiger partial charge in [0.05, 0.1) is 22.8 Å². The Labute approximate surface area is 187 Å². The van der Waals surface area contributed by atoms with Gasteiger partial charge in [0.1, 0.15) is 11.4 Å². The maximum absolute atomic E-state index is 12.6. The predicted molar refractivity (Wildman–Crippen MR) is 120 cm³/mol. The first-order valence-electron chi connectivity index (χ1n) is 9.62. The van der Waals surface area contributed by atoms with Gasteiger partial charge in [-0.15, -0.1) is 11.3 Å². The quantitative estimate of drug-likeness (QED) is 0.450. The lowest BCUT2D eigenvalue weighted by molar-refractivity contribution is -0.122. The summed E-state index contributed by atoms with van der Waals surface area (Å²) in [5.41, 5.74) is 8.40. The molecule has 10 heteroatoms. The highest BCUT2D eigenvalue weighted by atomic mass is 35.5. The number of carbonyl (C=O) groups is 2. The molecule has 3 aromatic heterocycles. The molecule has 0 radical (unpaired) electrons. The van der Waals surface area contributed by atoms with E-state index >= 15 is 0 Å². The Kier molecular flexibility index (Phi) is 5.79. The smallest absolute Gasteiger partial charge is 0.271 e. The number of hydrogen-bond acceptors (Lipinski definition) is 5. The van der Waals surface area contributed by atoms with E-state index in [1.807, 2.05) is 55.8 Å². The van der Waals surface area contributed by atoms with Crippen molar-refractivity contribution < 1.29 is 9.59 Å². The molecular formula is C21H21ClN6O2S. The van der Waals surface area contributed by atoms with Crippen LogP contribution in [0.2, 0.25) is 5.02 Å². The second kappa shape index (κ2) is 8.52. The number of rotatable bonds is 5. The van der Waals surface area contributed by atoms with Gasteiger partial charge in [-0.2, -0.15) is 10.2 Å². The lowest BCUT2D eigenvalue weighted by Crippen LogP contribution is -2.43. The summed E-state index contributed by atoms with van der Waals surface area (Å²) in [6, 6.07) is 11.3. The Hall–Kier alpha value is -3.17. The third-order valence-corrected chi connectivity index (χ3v) is 6.34. The minimum absolute atomic E-state index is 0.0261. The van der Waals surface area contributed by atoms with E-state index in [4.69, 9.17) is 11.6 Å². The maximum atomic E-state index is 12.6. The normalized spacial score (nSPS) is 11.1. The fraction of sp³-hybridized carbons (Fsp3) is 0.238. The maximum Gasteiger partial charge on any atom is 0.279 e. The fourth-order valence-corrected chi connectivity index (χ4v) is 4.57. The van der Waals surface area contributed by atoms with Gasteiger partial charge in [0, 0.05) is 16.1 Å². The van der Waals surface area contributed by atoms with Crippen LogP contribution in [0.4, 0.5) is 0 Å². The van der Waals surface area contributed by atoms with Crippen molar-refractivity contribution in [3.05, 3.63) is 68.9 Å². The van der Waals surface area contributed by atoms with E-state index in [1.165, 1.54) is 11.3 Å². The van der Waals surface area contributed by atoms with E-state index in [1.54, 1.807) is 10.7 Å². The van der Waals surface area contributed by atoms with Gasteiger partial charge in [-0.25, -0.2) is 0 Å². The van der Waals surface area contributed by atoms with E-state index in [0.29, 0.717) is 16.4 Å². The number of aryl methyl sites for hydroxylation is 3. The van der Waals surface area contributed by atoms with Crippen LogP contribution < -0.4 is 10.9 Å². The lowest BCUT2D eigenvalue weighted by Gasteiger charge is -2.07. The van der Waals surface area contributed by atoms with Gasteiger partial charge in [-0.1, -0.05) is 29.8 Å².